The van der Waals surface area contributed by atoms with Crippen molar-refractivity contribution in [3.8, 4) is 11.5 Å². The number of carbonyl (C=O) groups excluding carboxylic acids is 1. The van der Waals surface area contributed by atoms with E-state index < -0.39 is 6.04 Å². The molecular formula is C27H25Cl2N3O3. The van der Waals surface area contributed by atoms with E-state index in [1.807, 2.05) is 54.6 Å². The average molecular weight is 510 g/mol. The number of hydrogen-bond acceptors (Lipinski definition) is 4. The van der Waals surface area contributed by atoms with E-state index in [4.69, 9.17) is 37.7 Å². The quantitative estimate of drug-likeness (QED) is 0.301. The fourth-order valence-corrected chi connectivity index (χ4v) is 4.89. The highest BCUT2D eigenvalue weighted by atomic mass is 35.5. The van der Waals surface area contributed by atoms with Crippen LogP contribution in [0.4, 0.5) is 0 Å². The van der Waals surface area contributed by atoms with Gasteiger partial charge in [0.2, 0.25) is 12.7 Å². The molecule has 6 nitrogen and oxygen atoms in total. The second-order valence-corrected chi connectivity index (χ2v) is 9.35. The number of amides is 1. The van der Waals surface area contributed by atoms with Crippen molar-refractivity contribution in [2.24, 2.45) is 0 Å². The number of hydrogen-bond donors (Lipinski definition) is 1. The first-order chi connectivity index (χ1) is 17.0. The highest BCUT2D eigenvalue weighted by Gasteiger charge is 2.25. The van der Waals surface area contributed by atoms with Gasteiger partial charge in [0.1, 0.15) is 11.9 Å². The number of halogens is 2. The van der Waals surface area contributed by atoms with Crippen LogP contribution in [-0.2, 0) is 17.8 Å². The van der Waals surface area contributed by atoms with Crippen LogP contribution in [0.2, 0.25) is 10.0 Å². The summed E-state index contributed by atoms with van der Waals surface area (Å²) in [7, 11) is 0. The van der Waals surface area contributed by atoms with Crippen molar-refractivity contribution in [3.63, 3.8) is 0 Å². The number of ether oxygens (including phenoxy) is 2. The van der Waals surface area contributed by atoms with E-state index in [2.05, 4.69) is 16.8 Å². The Morgan fingerprint density at radius 2 is 1.91 bits per heavy atom. The summed E-state index contributed by atoms with van der Waals surface area (Å²) in [6.07, 6.45) is 2.00. The van der Waals surface area contributed by atoms with Gasteiger partial charge in [0.05, 0.1) is 11.0 Å². The Bertz CT molecular complexity index is 1390. The van der Waals surface area contributed by atoms with Crippen LogP contribution >= 0.6 is 23.2 Å². The van der Waals surface area contributed by atoms with Gasteiger partial charge in [-0.2, -0.15) is 0 Å². The Morgan fingerprint density at radius 1 is 1.09 bits per heavy atom. The number of imidazole rings is 1. The van der Waals surface area contributed by atoms with E-state index in [1.165, 1.54) is 0 Å². The number of carbonyl (C=O) groups is 1. The van der Waals surface area contributed by atoms with E-state index in [-0.39, 0.29) is 12.7 Å². The molecule has 1 atom stereocenters. The van der Waals surface area contributed by atoms with Gasteiger partial charge in [0, 0.05) is 23.0 Å². The Kier molecular flexibility index (Phi) is 6.84. The minimum absolute atomic E-state index is 0.0591. The summed E-state index contributed by atoms with van der Waals surface area (Å²) in [6.45, 7) is 2.69. The summed E-state index contributed by atoms with van der Waals surface area (Å²) in [6, 6.07) is 18.6. The van der Waals surface area contributed by atoms with Crippen molar-refractivity contribution >= 4 is 40.1 Å². The number of aromatic nitrogens is 2. The maximum absolute atomic E-state index is 13.5. The summed E-state index contributed by atoms with van der Waals surface area (Å²) in [5, 5.41) is 4.27. The van der Waals surface area contributed by atoms with E-state index in [9.17, 15) is 4.79 Å². The van der Waals surface area contributed by atoms with Gasteiger partial charge in [-0.15, -0.1) is 0 Å². The predicted octanol–water partition coefficient (Wildman–Crippen LogP) is 6.32. The summed E-state index contributed by atoms with van der Waals surface area (Å²) in [5.41, 5.74) is 3.62. The van der Waals surface area contributed by atoms with Crippen molar-refractivity contribution in [1.82, 2.24) is 14.9 Å². The summed E-state index contributed by atoms with van der Waals surface area (Å²) in [4.78, 5) is 18.4. The number of fused-ring (bicyclic) bond motifs is 2. The van der Waals surface area contributed by atoms with Gasteiger partial charge in [-0.05, 0) is 53.9 Å². The van der Waals surface area contributed by atoms with Crippen molar-refractivity contribution < 1.29 is 14.3 Å². The molecule has 1 N–H and O–H groups in total. The zero-order valence-corrected chi connectivity index (χ0v) is 20.8. The van der Waals surface area contributed by atoms with Crippen LogP contribution in [0.5, 0.6) is 11.5 Å². The molecule has 1 aliphatic rings. The van der Waals surface area contributed by atoms with E-state index >= 15 is 0 Å². The monoisotopic (exact) mass is 509 g/mol. The minimum Gasteiger partial charge on any atom is -0.454 e. The molecule has 0 aliphatic carbocycles. The third kappa shape index (κ3) is 4.95. The second-order valence-electron chi connectivity index (χ2n) is 8.51. The normalized spacial score (nSPS) is 13.2. The molecule has 1 amide bonds. The first kappa shape index (κ1) is 23.5. The molecule has 0 saturated carbocycles. The highest BCUT2D eigenvalue weighted by molar-refractivity contribution is 6.35. The van der Waals surface area contributed by atoms with Crippen LogP contribution in [0.25, 0.3) is 11.0 Å². The lowest BCUT2D eigenvalue weighted by atomic mass is 10.1. The van der Waals surface area contributed by atoms with Crippen LogP contribution in [0, 0.1) is 0 Å². The summed E-state index contributed by atoms with van der Waals surface area (Å²) in [5.74, 6) is 2.15. The van der Waals surface area contributed by atoms with Crippen LogP contribution in [-0.4, -0.2) is 22.3 Å². The molecule has 1 aliphatic heterocycles. The van der Waals surface area contributed by atoms with Gasteiger partial charge < -0.3 is 19.4 Å². The van der Waals surface area contributed by atoms with E-state index in [0.29, 0.717) is 35.2 Å². The molecule has 2 heterocycles. The van der Waals surface area contributed by atoms with Crippen LogP contribution in [0.1, 0.15) is 42.8 Å². The van der Waals surface area contributed by atoms with Gasteiger partial charge in [-0.1, -0.05) is 60.8 Å². The molecule has 0 radical (unpaired) electrons. The highest BCUT2D eigenvalue weighted by Crippen LogP contribution is 2.33. The maximum atomic E-state index is 13.5. The zero-order chi connectivity index (χ0) is 24.4. The van der Waals surface area contributed by atoms with Gasteiger partial charge in [-0.25, -0.2) is 4.98 Å². The van der Waals surface area contributed by atoms with E-state index in [0.717, 1.165) is 40.2 Å². The van der Waals surface area contributed by atoms with Gasteiger partial charge in [0.25, 0.3) is 0 Å². The van der Waals surface area contributed by atoms with Gasteiger partial charge in [-0.3, -0.25) is 4.79 Å². The molecule has 0 spiro atoms. The Hall–Kier alpha value is -3.22. The summed E-state index contributed by atoms with van der Waals surface area (Å²) < 4.78 is 12.9. The molecule has 3 aromatic carbocycles. The van der Waals surface area contributed by atoms with Crippen LogP contribution in [0.3, 0.4) is 0 Å². The molecule has 35 heavy (non-hydrogen) atoms. The molecule has 0 unspecified atom stereocenters. The lowest BCUT2D eigenvalue weighted by Crippen LogP contribution is -2.33. The fourth-order valence-electron chi connectivity index (χ4n) is 4.41. The average Bonchev–Trinajstić information content (AvgIpc) is 3.46. The molecular weight excluding hydrogens is 485 g/mol. The van der Waals surface area contributed by atoms with Crippen molar-refractivity contribution in [1.29, 1.82) is 0 Å². The molecule has 180 valence electrons. The van der Waals surface area contributed by atoms with Crippen molar-refractivity contribution in [3.05, 3.63) is 87.7 Å². The molecule has 4 aromatic rings. The van der Waals surface area contributed by atoms with Gasteiger partial charge >= 0.3 is 0 Å². The SMILES string of the molecule is CCC[C@H](C(=O)NCc1ccc2c(c1)OCO2)n1c(Cc2ccc(Cl)cc2Cl)nc2ccccc21. The van der Waals surface area contributed by atoms with Crippen LogP contribution < -0.4 is 14.8 Å². The Morgan fingerprint density at radius 3 is 2.74 bits per heavy atom. The molecule has 0 fully saturated rings. The Labute approximate surface area is 213 Å². The first-order valence-electron chi connectivity index (χ1n) is 11.6. The third-order valence-electron chi connectivity index (χ3n) is 6.11. The predicted molar refractivity (Wildman–Crippen MR) is 137 cm³/mol. The third-order valence-corrected chi connectivity index (χ3v) is 6.70. The number of nitrogens with one attached hydrogen (secondary N) is 1. The molecule has 5 rings (SSSR count). The van der Waals surface area contributed by atoms with Crippen LogP contribution in [0.15, 0.2) is 60.7 Å². The van der Waals surface area contributed by atoms with Gasteiger partial charge in [0.15, 0.2) is 11.5 Å². The first-order valence-corrected chi connectivity index (χ1v) is 12.3. The number of rotatable bonds is 8. The molecule has 0 saturated heterocycles. The maximum Gasteiger partial charge on any atom is 0.243 e. The minimum atomic E-state index is -0.414. The lowest BCUT2D eigenvalue weighted by molar-refractivity contribution is -0.124. The fraction of sp³-hybridized carbons (Fsp3) is 0.259. The lowest BCUT2D eigenvalue weighted by Gasteiger charge is -2.21. The second kappa shape index (κ2) is 10.2. The largest absolute Gasteiger partial charge is 0.454 e. The molecule has 0 bridgehead atoms. The molecule has 1 aromatic heterocycles. The topological polar surface area (TPSA) is 65.4 Å². The van der Waals surface area contributed by atoms with E-state index in [1.54, 1.807) is 6.07 Å². The standard InChI is InChI=1S/C27H25Cl2N3O3/c1-2-5-23(27(33)30-15-17-8-11-24-25(12-17)35-16-34-24)32-22-7-4-3-6-21(22)31-26(32)13-18-9-10-19(28)14-20(18)29/h3-4,6-12,14,23H,2,5,13,15-16H2,1H3,(H,30,33)/t23-/m1/s1. The summed E-state index contributed by atoms with van der Waals surface area (Å²) >= 11 is 12.6. The number of nitrogens with zero attached hydrogens (tertiary/aromatic N) is 2. The Balaban J connectivity index is 1.45. The molecule has 8 heteroatoms. The zero-order valence-electron chi connectivity index (χ0n) is 19.3. The van der Waals surface area contributed by atoms with Crippen molar-refractivity contribution in [2.75, 3.05) is 6.79 Å². The van der Waals surface area contributed by atoms with Crippen molar-refractivity contribution in [2.45, 2.75) is 38.8 Å². The number of benzene rings is 3. The number of para-hydroxylation sites is 2. The smallest absolute Gasteiger partial charge is 0.243 e.